The number of carbonyl (C=O) groups is 3. The minimum atomic E-state index is -0.481. The van der Waals surface area contributed by atoms with Crippen molar-refractivity contribution in [2.45, 2.75) is 19.8 Å². The molecule has 1 aliphatic rings. The maximum absolute atomic E-state index is 12.6. The second-order valence-corrected chi connectivity index (χ2v) is 6.43. The maximum Gasteiger partial charge on any atom is 0.343 e. The van der Waals surface area contributed by atoms with Gasteiger partial charge in [-0.15, -0.1) is 0 Å². The standard InChI is InChI=1S/C21H21N3O5/c1-14-4-3-5-16(12-14)24-19(25)11-10-18(23-24)21(27)22-15-6-8-17(9-7-15)29-13-20(26)28-2/h3-9,12H,10-11,13H2,1-2H3,(H,22,27). The van der Waals surface area contributed by atoms with Crippen LogP contribution in [-0.4, -0.2) is 37.2 Å². The summed E-state index contributed by atoms with van der Waals surface area (Å²) in [6.07, 6.45) is 0.480. The van der Waals surface area contributed by atoms with Crippen LogP contribution in [0.15, 0.2) is 53.6 Å². The highest BCUT2D eigenvalue weighted by molar-refractivity contribution is 6.44. The lowest BCUT2D eigenvalue weighted by Crippen LogP contribution is -2.36. The van der Waals surface area contributed by atoms with E-state index in [1.165, 1.54) is 12.1 Å². The van der Waals surface area contributed by atoms with Gasteiger partial charge in [0.2, 0.25) is 5.91 Å². The Bertz CT molecular complexity index is 953. The van der Waals surface area contributed by atoms with Gasteiger partial charge in [0.25, 0.3) is 5.91 Å². The molecule has 0 radical (unpaired) electrons. The number of anilines is 2. The Balaban J connectivity index is 1.67. The van der Waals surface area contributed by atoms with Crippen LogP contribution in [0, 0.1) is 6.92 Å². The van der Waals surface area contributed by atoms with E-state index in [0.717, 1.165) is 5.56 Å². The summed E-state index contributed by atoms with van der Waals surface area (Å²) in [6.45, 7) is 1.73. The molecule has 29 heavy (non-hydrogen) atoms. The van der Waals surface area contributed by atoms with Gasteiger partial charge >= 0.3 is 5.97 Å². The lowest BCUT2D eigenvalue weighted by Gasteiger charge is -2.23. The summed E-state index contributed by atoms with van der Waals surface area (Å²) in [7, 11) is 1.28. The van der Waals surface area contributed by atoms with Crippen LogP contribution in [0.4, 0.5) is 11.4 Å². The normalized spacial score (nSPS) is 13.5. The van der Waals surface area contributed by atoms with Gasteiger partial charge in [0.15, 0.2) is 6.61 Å². The summed E-state index contributed by atoms with van der Waals surface area (Å²) >= 11 is 0. The number of nitrogens with zero attached hydrogens (tertiary/aromatic N) is 2. The second kappa shape index (κ2) is 9.01. The van der Waals surface area contributed by atoms with Crippen LogP contribution in [0.25, 0.3) is 0 Å². The maximum atomic E-state index is 12.6. The molecular formula is C21H21N3O5. The van der Waals surface area contributed by atoms with Crippen molar-refractivity contribution < 1.29 is 23.9 Å². The topological polar surface area (TPSA) is 97.3 Å². The summed E-state index contributed by atoms with van der Waals surface area (Å²) < 4.78 is 9.77. The van der Waals surface area contributed by atoms with E-state index in [0.29, 0.717) is 17.1 Å². The highest BCUT2D eigenvalue weighted by Gasteiger charge is 2.25. The number of hydrazone groups is 1. The molecule has 1 N–H and O–H groups in total. The fourth-order valence-corrected chi connectivity index (χ4v) is 2.72. The van der Waals surface area contributed by atoms with Crippen molar-refractivity contribution in [3.05, 3.63) is 54.1 Å². The monoisotopic (exact) mass is 395 g/mol. The molecule has 0 unspecified atom stereocenters. The first-order valence-electron chi connectivity index (χ1n) is 9.04. The first-order valence-corrected chi connectivity index (χ1v) is 9.04. The molecule has 150 valence electrons. The molecular weight excluding hydrogens is 374 g/mol. The smallest absolute Gasteiger partial charge is 0.343 e. The summed E-state index contributed by atoms with van der Waals surface area (Å²) in [6, 6.07) is 13.9. The Morgan fingerprint density at radius 3 is 2.59 bits per heavy atom. The molecule has 2 aromatic carbocycles. The Labute approximate surface area is 168 Å². The second-order valence-electron chi connectivity index (χ2n) is 6.43. The molecule has 1 aliphatic heterocycles. The number of ether oxygens (including phenoxy) is 2. The third kappa shape index (κ3) is 5.19. The van der Waals surface area contributed by atoms with Gasteiger partial charge in [0, 0.05) is 18.5 Å². The first-order chi connectivity index (χ1) is 14.0. The molecule has 0 aliphatic carbocycles. The SMILES string of the molecule is COC(=O)COc1ccc(NC(=O)C2=NN(c3cccc(C)c3)C(=O)CC2)cc1. The van der Waals surface area contributed by atoms with Crippen LogP contribution in [0.2, 0.25) is 0 Å². The molecule has 0 fully saturated rings. The van der Waals surface area contributed by atoms with E-state index >= 15 is 0 Å². The van der Waals surface area contributed by atoms with Crippen LogP contribution in [-0.2, 0) is 19.1 Å². The van der Waals surface area contributed by atoms with Crippen LogP contribution >= 0.6 is 0 Å². The fraction of sp³-hybridized carbons (Fsp3) is 0.238. The minimum absolute atomic E-state index is 0.153. The Hall–Kier alpha value is -3.68. The predicted molar refractivity (Wildman–Crippen MR) is 108 cm³/mol. The molecule has 0 saturated carbocycles. The van der Waals surface area contributed by atoms with E-state index in [2.05, 4.69) is 15.2 Å². The largest absolute Gasteiger partial charge is 0.482 e. The molecule has 0 bridgehead atoms. The van der Waals surface area contributed by atoms with Crippen LogP contribution < -0.4 is 15.1 Å². The summed E-state index contributed by atoms with van der Waals surface area (Å²) in [5.74, 6) is -0.539. The molecule has 0 saturated heterocycles. The predicted octanol–water partition coefficient (Wildman–Crippen LogP) is 2.67. The van der Waals surface area contributed by atoms with E-state index in [4.69, 9.17) is 4.74 Å². The molecule has 1 heterocycles. The van der Waals surface area contributed by atoms with E-state index in [9.17, 15) is 14.4 Å². The number of hydrogen-bond donors (Lipinski definition) is 1. The fourth-order valence-electron chi connectivity index (χ4n) is 2.72. The van der Waals surface area contributed by atoms with Gasteiger partial charge in [0.1, 0.15) is 11.5 Å². The van der Waals surface area contributed by atoms with Crippen molar-refractivity contribution in [2.24, 2.45) is 5.10 Å². The summed E-state index contributed by atoms with van der Waals surface area (Å²) in [5, 5.41) is 8.29. The van der Waals surface area contributed by atoms with E-state index in [1.54, 1.807) is 30.3 Å². The van der Waals surface area contributed by atoms with Gasteiger partial charge in [-0.2, -0.15) is 5.10 Å². The van der Waals surface area contributed by atoms with Gasteiger partial charge < -0.3 is 14.8 Å². The third-order valence-corrected chi connectivity index (χ3v) is 4.24. The third-order valence-electron chi connectivity index (χ3n) is 4.24. The lowest BCUT2D eigenvalue weighted by atomic mass is 10.1. The van der Waals surface area contributed by atoms with Crippen molar-refractivity contribution in [3.63, 3.8) is 0 Å². The molecule has 3 rings (SSSR count). The summed E-state index contributed by atoms with van der Waals surface area (Å²) in [5.41, 5.74) is 2.45. The Morgan fingerprint density at radius 2 is 1.90 bits per heavy atom. The van der Waals surface area contributed by atoms with Gasteiger partial charge in [-0.3, -0.25) is 9.59 Å². The molecule has 0 atom stereocenters. The summed E-state index contributed by atoms with van der Waals surface area (Å²) in [4.78, 5) is 35.9. The van der Waals surface area contributed by atoms with Crippen molar-refractivity contribution in [1.29, 1.82) is 0 Å². The number of nitrogens with one attached hydrogen (secondary N) is 1. The van der Waals surface area contributed by atoms with Crippen molar-refractivity contribution >= 4 is 34.9 Å². The number of aryl methyl sites for hydroxylation is 1. The highest BCUT2D eigenvalue weighted by Crippen LogP contribution is 2.22. The zero-order valence-electron chi connectivity index (χ0n) is 16.2. The van der Waals surface area contributed by atoms with Crippen LogP contribution in [0.5, 0.6) is 5.75 Å². The van der Waals surface area contributed by atoms with Crippen LogP contribution in [0.3, 0.4) is 0 Å². The average Bonchev–Trinajstić information content (AvgIpc) is 2.73. The number of hydrogen-bond acceptors (Lipinski definition) is 6. The zero-order chi connectivity index (χ0) is 20.8. The Morgan fingerprint density at radius 1 is 1.14 bits per heavy atom. The van der Waals surface area contributed by atoms with Crippen molar-refractivity contribution in [1.82, 2.24) is 0 Å². The molecule has 0 aromatic heterocycles. The number of carbonyl (C=O) groups excluding carboxylic acids is 3. The zero-order valence-corrected chi connectivity index (χ0v) is 16.2. The molecule has 8 heteroatoms. The van der Waals surface area contributed by atoms with Crippen molar-refractivity contribution in [2.75, 3.05) is 24.0 Å². The first kappa shape index (κ1) is 20.1. The molecule has 2 aromatic rings. The number of methoxy groups -OCH3 is 1. The average molecular weight is 395 g/mol. The van der Waals surface area contributed by atoms with E-state index in [1.807, 2.05) is 25.1 Å². The minimum Gasteiger partial charge on any atom is -0.482 e. The van der Waals surface area contributed by atoms with Gasteiger partial charge in [-0.1, -0.05) is 12.1 Å². The van der Waals surface area contributed by atoms with Crippen LogP contribution in [0.1, 0.15) is 18.4 Å². The molecule has 8 nitrogen and oxygen atoms in total. The van der Waals surface area contributed by atoms with Gasteiger partial charge in [-0.05, 0) is 48.9 Å². The highest BCUT2D eigenvalue weighted by atomic mass is 16.6. The molecule has 0 spiro atoms. The lowest BCUT2D eigenvalue weighted by molar-refractivity contribution is -0.142. The molecule has 2 amide bonds. The number of amides is 2. The quantitative estimate of drug-likeness (QED) is 0.759. The van der Waals surface area contributed by atoms with Gasteiger partial charge in [0.05, 0.1) is 12.8 Å². The van der Waals surface area contributed by atoms with Gasteiger partial charge in [-0.25, -0.2) is 9.80 Å². The Kier molecular flexibility index (Phi) is 6.23. The van der Waals surface area contributed by atoms with Crippen molar-refractivity contribution in [3.8, 4) is 5.75 Å². The number of esters is 1. The number of rotatable bonds is 6. The number of benzene rings is 2. The van der Waals surface area contributed by atoms with E-state index < -0.39 is 5.97 Å². The van der Waals surface area contributed by atoms with E-state index in [-0.39, 0.29) is 37.0 Å².